The van der Waals surface area contributed by atoms with E-state index >= 15 is 0 Å². The number of fused-ring (bicyclic) bond motifs is 1. The molecule has 2 aromatic heterocycles. The Labute approximate surface area is 145 Å². The molecule has 2 heterocycles. The van der Waals surface area contributed by atoms with Gasteiger partial charge in [-0.15, -0.1) is 0 Å². The van der Waals surface area contributed by atoms with Gasteiger partial charge in [0.15, 0.2) is 16.3 Å². The molecule has 0 saturated heterocycles. The lowest BCUT2D eigenvalue weighted by Crippen LogP contribution is -2.29. The van der Waals surface area contributed by atoms with Crippen LogP contribution in [0.3, 0.4) is 0 Å². The van der Waals surface area contributed by atoms with Crippen molar-refractivity contribution in [1.82, 2.24) is 19.1 Å². The van der Waals surface area contributed by atoms with Crippen LogP contribution in [0, 0.1) is 0 Å². The molecule has 8 heteroatoms. The van der Waals surface area contributed by atoms with Gasteiger partial charge in [-0.05, 0) is 6.42 Å². The predicted octanol–water partition coefficient (Wildman–Crippen LogP) is 2.13. The highest BCUT2D eigenvalue weighted by atomic mass is 32.2. The van der Waals surface area contributed by atoms with E-state index < -0.39 is 11.2 Å². The number of hydrogen-bond acceptors (Lipinski definition) is 5. The summed E-state index contributed by atoms with van der Waals surface area (Å²) >= 11 is 1.63. The summed E-state index contributed by atoms with van der Waals surface area (Å²) in [7, 11) is 3.24. The third-order valence-electron chi connectivity index (χ3n) is 3.97. The summed E-state index contributed by atoms with van der Waals surface area (Å²) in [5.74, 6) is 0.950. The first-order valence-corrected chi connectivity index (χ1v) is 9.40. The fourth-order valence-corrected chi connectivity index (χ4v) is 3.60. The van der Waals surface area contributed by atoms with Crippen LogP contribution in [-0.4, -0.2) is 38.6 Å². The van der Waals surface area contributed by atoms with Crippen LogP contribution in [0.2, 0.25) is 0 Å². The summed E-state index contributed by atoms with van der Waals surface area (Å²) in [6.07, 6.45) is 6.09. The van der Waals surface area contributed by atoms with Gasteiger partial charge in [-0.1, -0.05) is 44.4 Å². The summed E-state index contributed by atoms with van der Waals surface area (Å²) in [6.45, 7) is 3.22. The van der Waals surface area contributed by atoms with E-state index in [1.165, 1.54) is 30.3 Å². The average Bonchev–Trinajstić information content (AvgIpc) is 2.93. The van der Waals surface area contributed by atoms with E-state index in [0.717, 1.165) is 17.3 Å². The number of H-pyrrole nitrogens is 1. The lowest BCUT2D eigenvalue weighted by atomic mass is 10.2. The number of methoxy groups -OCH3 is 1. The molecule has 0 spiro atoms. The largest absolute Gasteiger partial charge is 0.383 e. The smallest absolute Gasteiger partial charge is 0.329 e. The summed E-state index contributed by atoms with van der Waals surface area (Å²) < 4.78 is 8.38. The summed E-state index contributed by atoms with van der Waals surface area (Å²) in [5.41, 5.74) is 0.0162. The summed E-state index contributed by atoms with van der Waals surface area (Å²) in [5, 5.41) is 0.768. The Morgan fingerprint density at radius 2 is 1.96 bits per heavy atom. The van der Waals surface area contributed by atoms with E-state index in [1.807, 2.05) is 4.57 Å². The first kappa shape index (κ1) is 18.8. The van der Waals surface area contributed by atoms with Crippen molar-refractivity contribution < 1.29 is 4.74 Å². The van der Waals surface area contributed by atoms with Crippen molar-refractivity contribution in [3.63, 3.8) is 0 Å². The van der Waals surface area contributed by atoms with E-state index in [4.69, 9.17) is 4.74 Å². The minimum atomic E-state index is -0.444. The maximum atomic E-state index is 12.2. The lowest BCUT2D eigenvalue weighted by molar-refractivity contribution is 0.186. The second-order valence-corrected chi connectivity index (χ2v) is 6.85. The summed E-state index contributed by atoms with van der Waals surface area (Å²) in [4.78, 5) is 30.9. The minimum absolute atomic E-state index is 0.397. The number of aryl methyl sites for hydroxylation is 1. The molecular weight excluding hydrogens is 328 g/mol. The van der Waals surface area contributed by atoms with E-state index in [-0.39, 0.29) is 0 Å². The summed E-state index contributed by atoms with van der Waals surface area (Å²) in [6, 6.07) is 0. The molecule has 0 aliphatic rings. The van der Waals surface area contributed by atoms with Crippen LogP contribution in [0.1, 0.15) is 39.0 Å². The van der Waals surface area contributed by atoms with Gasteiger partial charge in [0, 0.05) is 26.5 Å². The molecule has 0 unspecified atom stereocenters. The molecule has 0 aliphatic heterocycles. The molecular formula is C16H26N4O3S. The van der Waals surface area contributed by atoms with Gasteiger partial charge in [0.2, 0.25) is 0 Å². The normalized spacial score (nSPS) is 11.5. The number of unbranched alkanes of at least 4 members (excludes halogenated alkanes) is 4. The highest BCUT2D eigenvalue weighted by molar-refractivity contribution is 7.99. The van der Waals surface area contributed by atoms with E-state index in [2.05, 4.69) is 16.9 Å². The highest BCUT2D eigenvalue weighted by Gasteiger charge is 2.17. The molecule has 0 amide bonds. The van der Waals surface area contributed by atoms with E-state index in [0.29, 0.717) is 24.3 Å². The molecule has 24 heavy (non-hydrogen) atoms. The standard InChI is InChI=1S/C16H26N4O3S/c1-4-5-6-7-8-11-24-16-17-13-12(20(16)9-10-23-3)14(21)18-15(22)19(13)2/h4-11H2,1-3H3,(H,18,21,22). The molecule has 2 rings (SSSR count). The van der Waals surface area contributed by atoms with Crippen molar-refractivity contribution >= 4 is 22.9 Å². The van der Waals surface area contributed by atoms with Crippen LogP contribution in [0.4, 0.5) is 0 Å². The molecule has 0 radical (unpaired) electrons. The Kier molecular flexibility index (Phi) is 7.11. The Hall–Kier alpha value is -1.54. The van der Waals surface area contributed by atoms with Crippen LogP contribution in [0.5, 0.6) is 0 Å². The fraction of sp³-hybridized carbons (Fsp3) is 0.688. The molecule has 134 valence electrons. The number of ether oxygens (including phenoxy) is 1. The third kappa shape index (κ3) is 4.30. The van der Waals surface area contributed by atoms with Gasteiger partial charge in [-0.2, -0.15) is 0 Å². The first-order valence-electron chi connectivity index (χ1n) is 8.41. The van der Waals surface area contributed by atoms with E-state index in [9.17, 15) is 9.59 Å². The second kappa shape index (κ2) is 9.08. The molecule has 0 saturated carbocycles. The molecule has 0 bridgehead atoms. The van der Waals surface area contributed by atoms with Gasteiger partial charge in [-0.3, -0.25) is 14.3 Å². The Morgan fingerprint density at radius 1 is 1.21 bits per heavy atom. The Balaban J connectivity index is 2.24. The monoisotopic (exact) mass is 354 g/mol. The van der Waals surface area contributed by atoms with Gasteiger partial charge in [0.25, 0.3) is 5.56 Å². The molecule has 0 aromatic carbocycles. The van der Waals surface area contributed by atoms with Crippen LogP contribution in [0.25, 0.3) is 11.2 Å². The zero-order chi connectivity index (χ0) is 17.5. The van der Waals surface area contributed by atoms with Gasteiger partial charge in [0.05, 0.1) is 6.61 Å². The molecule has 0 aliphatic carbocycles. The number of aromatic amines is 1. The molecule has 2 aromatic rings. The Bertz CT molecular complexity index is 778. The van der Waals surface area contributed by atoms with Gasteiger partial charge >= 0.3 is 5.69 Å². The number of aromatic nitrogens is 4. The molecule has 0 fully saturated rings. The van der Waals surface area contributed by atoms with E-state index in [1.54, 1.807) is 25.9 Å². The number of nitrogens with one attached hydrogen (secondary N) is 1. The van der Waals surface area contributed by atoms with Crippen LogP contribution in [-0.2, 0) is 18.3 Å². The topological polar surface area (TPSA) is 81.9 Å². The van der Waals surface area contributed by atoms with Crippen LogP contribution in [0.15, 0.2) is 14.7 Å². The van der Waals surface area contributed by atoms with Crippen molar-refractivity contribution in [2.45, 2.75) is 50.7 Å². The minimum Gasteiger partial charge on any atom is -0.383 e. The van der Waals surface area contributed by atoms with Gasteiger partial charge in [-0.25, -0.2) is 9.78 Å². The quantitative estimate of drug-likeness (QED) is 0.522. The molecule has 1 N–H and O–H groups in total. The zero-order valence-corrected chi connectivity index (χ0v) is 15.4. The average molecular weight is 354 g/mol. The molecule has 7 nitrogen and oxygen atoms in total. The maximum absolute atomic E-state index is 12.2. The lowest BCUT2D eigenvalue weighted by Gasteiger charge is -2.07. The number of thioether (sulfide) groups is 1. The highest BCUT2D eigenvalue weighted by Crippen LogP contribution is 2.22. The molecule has 0 atom stereocenters. The van der Waals surface area contributed by atoms with Crippen molar-refractivity contribution in [3.8, 4) is 0 Å². The fourth-order valence-electron chi connectivity index (χ4n) is 2.58. The van der Waals surface area contributed by atoms with Crippen molar-refractivity contribution in [2.24, 2.45) is 7.05 Å². The van der Waals surface area contributed by atoms with Crippen molar-refractivity contribution in [1.29, 1.82) is 0 Å². The number of nitrogens with zero attached hydrogens (tertiary/aromatic N) is 3. The van der Waals surface area contributed by atoms with Crippen LogP contribution >= 0.6 is 11.8 Å². The Morgan fingerprint density at radius 3 is 2.67 bits per heavy atom. The number of imidazole rings is 1. The van der Waals surface area contributed by atoms with Crippen molar-refractivity contribution in [2.75, 3.05) is 19.5 Å². The maximum Gasteiger partial charge on any atom is 0.329 e. The number of hydrogen-bond donors (Lipinski definition) is 1. The SMILES string of the molecule is CCCCCCCSc1nc2c(c(=O)[nH]c(=O)n2C)n1CCOC. The van der Waals surface area contributed by atoms with Gasteiger partial charge < -0.3 is 9.30 Å². The second-order valence-electron chi connectivity index (χ2n) is 5.79. The third-order valence-corrected chi connectivity index (χ3v) is 5.03. The van der Waals surface area contributed by atoms with Crippen molar-refractivity contribution in [3.05, 3.63) is 20.8 Å². The first-order chi connectivity index (χ1) is 11.6. The van der Waals surface area contributed by atoms with Gasteiger partial charge in [0.1, 0.15) is 0 Å². The number of rotatable bonds is 10. The van der Waals surface area contributed by atoms with Crippen LogP contribution < -0.4 is 11.2 Å². The predicted molar refractivity (Wildman–Crippen MR) is 97.0 cm³/mol. The zero-order valence-electron chi connectivity index (χ0n) is 14.6.